The van der Waals surface area contributed by atoms with E-state index >= 15 is 0 Å². The molecule has 3 nitrogen and oxygen atoms in total. The Morgan fingerprint density at radius 3 is 2.41 bits per heavy atom. The van der Waals surface area contributed by atoms with Crippen LogP contribution in [0.3, 0.4) is 0 Å². The van der Waals surface area contributed by atoms with Crippen LogP contribution in [0.5, 0.6) is 0 Å². The number of benzene rings is 1. The normalized spacial score (nSPS) is 12.2. The standard InChI is InChI=1S/C13H20N2OS/c1-10(14-2)11-5-7-12(8-6-11)17-9-13(16)15(3)4/h5-8,10,14H,9H2,1-4H3. The number of thioether (sulfide) groups is 1. The average Bonchev–Trinajstić information content (AvgIpc) is 2.35. The highest BCUT2D eigenvalue weighted by Crippen LogP contribution is 2.21. The van der Waals surface area contributed by atoms with Gasteiger partial charge in [-0.1, -0.05) is 12.1 Å². The number of hydrogen-bond acceptors (Lipinski definition) is 3. The van der Waals surface area contributed by atoms with Crippen LogP contribution in [0, 0.1) is 0 Å². The number of nitrogens with zero attached hydrogens (tertiary/aromatic N) is 1. The predicted molar refractivity (Wildman–Crippen MR) is 73.3 cm³/mol. The van der Waals surface area contributed by atoms with Crippen molar-refractivity contribution in [1.29, 1.82) is 0 Å². The Labute approximate surface area is 108 Å². The fourth-order valence-corrected chi connectivity index (χ4v) is 2.17. The molecule has 17 heavy (non-hydrogen) atoms. The third-order valence-electron chi connectivity index (χ3n) is 2.67. The summed E-state index contributed by atoms with van der Waals surface area (Å²) in [5, 5.41) is 3.20. The van der Waals surface area contributed by atoms with Gasteiger partial charge in [-0.2, -0.15) is 0 Å². The number of carbonyl (C=O) groups is 1. The molecule has 94 valence electrons. The zero-order valence-corrected chi connectivity index (χ0v) is 11.7. The average molecular weight is 252 g/mol. The van der Waals surface area contributed by atoms with Crippen LogP contribution < -0.4 is 5.32 Å². The fraction of sp³-hybridized carbons (Fsp3) is 0.462. The molecule has 0 aliphatic carbocycles. The van der Waals surface area contributed by atoms with Crippen molar-refractivity contribution < 1.29 is 4.79 Å². The first kappa shape index (κ1) is 14.1. The van der Waals surface area contributed by atoms with Gasteiger partial charge >= 0.3 is 0 Å². The zero-order chi connectivity index (χ0) is 12.8. The van der Waals surface area contributed by atoms with E-state index in [1.54, 1.807) is 30.8 Å². The van der Waals surface area contributed by atoms with Crippen LogP contribution in [-0.4, -0.2) is 37.7 Å². The molecule has 0 aliphatic rings. The maximum absolute atomic E-state index is 11.4. The lowest BCUT2D eigenvalue weighted by atomic mass is 10.1. The topological polar surface area (TPSA) is 32.3 Å². The van der Waals surface area contributed by atoms with Gasteiger partial charge in [0.1, 0.15) is 0 Å². The van der Waals surface area contributed by atoms with Gasteiger partial charge in [-0.3, -0.25) is 4.79 Å². The first-order valence-corrected chi connectivity index (χ1v) is 6.63. The van der Waals surface area contributed by atoms with Gasteiger partial charge < -0.3 is 10.2 Å². The third kappa shape index (κ3) is 4.40. The Bertz CT molecular complexity index is 362. The molecular formula is C13H20N2OS. The van der Waals surface area contributed by atoms with E-state index in [-0.39, 0.29) is 5.91 Å². The summed E-state index contributed by atoms with van der Waals surface area (Å²) in [4.78, 5) is 14.2. The second kappa shape index (κ2) is 6.67. The monoisotopic (exact) mass is 252 g/mol. The highest BCUT2D eigenvalue weighted by Gasteiger charge is 2.06. The van der Waals surface area contributed by atoms with Crippen LogP contribution in [0.2, 0.25) is 0 Å². The molecule has 0 saturated carbocycles. The van der Waals surface area contributed by atoms with Crippen molar-refractivity contribution >= 4 is 17.7 Å². The van der Waals surface area contributed by atoms with Gasteiger partial charge in [0.25, 0.3) is 0 Å². The molecule has 1 N–H and O–H groups in total. The van der Waals surface area contributed by atoms with Crippen molar-refractivity contribution in [3.63, 3.8) is 0 Å². The predicted octanol–water partition coefficient (Wildman–Crippen LogP) is 2.15. The minimum Gasteiger partial charge on any atom is -0.348 e. The number of nitrogens with one attached hydrogen (secondary N) is 1. The lowest BCUT2D eigenvalue weighted by Gasteiger charge is -2.12. The molecule has 1 atom stereocenters. The molecule has 0 bridgehead atoms. The maximum Gasteiger partial charge on any atom is 0.232 e. The first-order valence-electron chi connectivity index (χ1n) is 5.64. The Morgan fingerprint density at radius 1 is 1.35 bits per heavy atom. The second-order valence-corrected chi connectivity index (χ2v) is 5.20. The highest BCUT2D eigenvalue weighted by molar-refractivity contribution is 8.00. The molecule has 0 spiro atoms. The van der Waals surface area contributed by atoms with E-state index in [1.807, 2.05) is 7.05 Å². The molecule has 0 saturated heterocycles. The molecule has 0 radical (unpaired) electrons. The fourth-order valence-electron chi connectivity index (χ4n) is 1.29. The largest absolute Gasteiger partial charge is 0.348 e. The molecule has 1 amide bonds. The molecule has 1 aromatic carbocycles. The van der Waals surface area contributed by atoms with Gasteiger partial charge in [0.2, 0.25) is 5.91 Å². The molecule has 0 aromatic heterocycles. The van der Waals surface area contributed by atoms with Crippen LogP contribution in [0.15, 0.2) is 29.2 Å². The minimum absolute atomic E-state index is 0.141. The number of rotatable bonds is 5. The summed E-state index contributed by atoms with van der Waals surface area (Å²) in [6.07, 6.45) is 0. The van der Waals surface area contributed by atoms with E-state index < -0.39 is 0 Å². The quantitative estimate of drug-likeness (QED) is 0.815. The van der Waals surface area contributed by atoms with E-state index in [0.717, 1.165) is 4.90 Å². The van der Waals surface area contributed by atoms with E-state index in [2.05, 4.69) is 36.5 Å². The number of amides is 1. The summed E-state index contributed by atoms with van der Waals surface area (Å²) in [6.45, 7) is 2.12. The molecule has 0 fully saturated rings. The smallest absolute Gasteiger partial charge is 0.232 e. The maximum atomic E-state index is 11.4. The van der Waals surface area contributed by atoms with Crippen molar-refractivity contribution in [3.05, 3.63) is 29.8 Å². The van der Waals surface area contributed by atoms with Gasteiger partial charge in [-0.25, -0.2) is 0 Å². The van der Waals surface area contributed by atoms with E-state index in [9.17, 15) is 4.79 Å². The van der Waals surface area contributed by atoms with Crippen molar-refractivity contribution in [3.8, 4) is 0 Å². The molecule has 0 aliphatic heterocycles. The Hall–Kier alpha value is -1.00. The van der Waals surface area contributed by atoms with Crippen molar-refractivity contribution in [2.75, 3.05) is 26.9 Å². The van der Waals surface area contributed by atoms with Crippen LogP contribution in [0.1, 0.15) is 18.5 Å². The van der Waals surface area contributed by atoms with Crippen molar-refractivity contribution in [2.24, 2.45) is 0 Å². The first-order chi connectivity index (χ1) is 8.04. The van der Waals surface area contributed by atoms with Gasteiger partial charge in [0.15, 0.2) is 0 Å². The van der Waals surface area contributed by atoms with Crippen LogP contribution >= 0.6 is 11.8 Å². The lowest BCUT2D eigenvalue weighted by Crippen LogP contribution is -2.23. The second-order valence-electron chi connectivity index (χ2n) is 4.16. The van der Waals surface area contributed by atoms with Crippen LogP contribution in [0.4, 0.5) is 0 Å². The van der Waals surface area contributed by atoms with Crippen molar-refractivity contribution in [2.45, 2.75) is 17.9 Å². The molecule has 1 aromatic rings. The number of hydrogen-bond donors (Lipinski definition) is 1. The van der Waals surface area contributed by atoms with Gasteiger partial charge in [0.05, 0.1) is 5.75 Å². The van der Waals surface area contributed by atoms with Gasteiger partial charge in [0, 0.05) is 25.0 Å². The Morgan fingerprint density at radius 2 is 1.94 bits per heavy atom. The molecule has 4 heteroatoms. The Balaban J connectivity index is 2.54. The third-order valence-corrected chi connectivity index (χ3v) is 3.67. The molecule has 0 heterocycles. The summed E-state index contributed by atoms with van der Waals surface area (Å²) in [6, 6.07) is 8.69. The number of carbonyl (C=O) groups excluding carboxylic acids is 1. The van der Waals surface area contributed by atoms with E-state index in [4.69, 9.17) is 0 Å². The molecule has 1 unspecified atom stereocenters. The summed E-state index contributed by atoms with van der Waals surface area (Å²) in [7, 11) is 5.50. The Kier molecular flexibility index (Phi) is 5.51. The SMILES string of the molecule is CNC(C)c1ccc(SCC(=O)N(C)C)cc1. The lowest BCUT2D eigenvalue weighted by molar-refractivity contribution is -0.125. The highest BCUT2D eigenvalue weighted by atomic mass is 32.2. The van der Waals surface area contributed by atoms with Gasteiger partial charge in [-0.15, -0.1) is 11.8 Å². The van der Waals surface area contributed by atoms with Crippen molar-refractivity contribution in [1.82, 2.24) is 10.2 Å². The summed E-state index contributed by atoms with van der Waals surface area (Å²) in [5.74, 6) is 0.635. The molecular weight excluding hydrogens is 232 g/mol. The summed E-state index contributed by atoms with van der Waals surface area (Å²) >= 11 is 1.57. The van der Waals surface area contributed by atoms with E-state index in [0.29, 0.717) is 11.8 Å². The summed E-state index contributed by atoms with van der Waals surface area (Å²) in [5.41, 5.74) is 1.26. The van der Waals surface area contributed by atoms with E-state index in [1.165, 1.54) is 5.56 Å². The van der Waals surface area contributed by atoms with Crippen LogP contribution in [-0.2, 0) is 4.79 Å². The minimum atomic E-state index is 0.141. The zero-order valence-electron chi connectivity index (χ0n) is 10.9. The molecule has 1 rings (SSSR count). The summed E-state index contributed by atoms with van der Waals surface area (Å²) < 4.78 is 0. The van der Waals surface area contributed by atoms with Crippen LogP contribution in [0.25, 0.3) is 0 Å². The van der Waals surface area contributed by atoms with Gasteiger partial charge in [-0.05, 0) is 31.7 Å².